The minimum Gasteiger partial charge on any atom is -0.351 e. The third-order valence-corrected chi connectivity index (χ3v) is 7.58. The zero-order chi connectivity index (χ0) is 22.2. The highest BCUT2D eigenvalue weighted by molar-refractivity contribution is 8.00. The smallest absolute Gasteiger partial charge is 0.251 e. The SMILES string of the molecule is O=C(NCCSc1ccccc1)c1ccc([C@@H]2SCC(=O)N2CCc2ccccc2)cc1. The fraction of sp³-hybridized carbons (Fsp3) is 0.231. The van der Waals surface area contributed by atoms with E-state index in [0.29, 0.717) is 24.4 Å². The van der Waals surface area contributed by atoms with Crippen molar-refractivity contribution in [1.29, 1.82) is 0 Å². The lowest BCUT2D eigenvalue weighted by Crippen LogP contribution is -2.30. The Hall–Kier alpha value is -2.70. The molecule has 164 valence electrons. The molecule has 3 aromatic carbocycles. The number of nitrogens with zero attached hydrogens (tertiary/aromatic N) is 1. The summed E-state index contributed by atoms with van der Waals surface area (Å²) in [6, 6.07) is 28.1. The summed E-state index contributed by atoms with van der Waals surface area (Å²) in [4.78, 5) is 28.1. The van der Waals surface area contributed by atoms with Crippen molar-refractivity contribution in [2.45, 2.75) is 16.7 Å². The standard InChI is InChI=1S/C26H26N2O2S2/c29-24-19-32-26(28(24)17-15-20-7-3-1-4-8-20)22-13-11-21(12-14-22)25(30)27-16-18-31-23-9-5-2-6-10-23/h1-14,26H,15-19H2,(H,27,30)/t26-/m0/s1. The van der Waals surface area contributed by atoms with Gasteiger partial charge in [-0.3, -0.25) is 9.59 Å². The van der Waals surface area contributed by atoms with Gasteiger partial charge in [-0.05, 0) is 41.8 Å². The molecule has 0 aromatic heterocycles. The molecular formula is C26H26N2O2S2. The number of thioether (sulfide) groups is 2. The number of carbonyl (C=O) groups is 2. The lowest BCUT2D eigenvalue weighted by atomic mass is 10.1. The van der Waals surface area contributed by atoms with Gasteiger partial charge < -0.3 is 10.2 Å². The van der Waals surface area contributed by atoms with Crippen LogP contribution in [0.3, 0.4) is 0 Å². The van der Waals surface area contributed by atoms with Gasteiger partial charge >= 0.3 is 0 Å². The minimum absolute atomic E-state index is 0.00518. The Bertz CT molecular complexity index is 1030. The number of benzene rings is 3. The summed E-state index contributed by atoms with van der Waals surface area (Å²) < 4.78 is 0. The van der Waals surface area contributed by atoms with Gasteiger partial charge in [0.2, 0.25) is 5.91 Å². The Morgan fingerprint density at radius 1 is 0.969 bits per heavy atom. The fourth-order valence-electron chi connectivity index (χ4n) is 3.62. The molecule has 4 nitrogen and oxygen atoms in total. The van der Waals surface area contributed by atoms with Crippen molar-refractivity contribution in [1.82, 2.24) is 10.2 Å². The van der Waals surface area contributed by atoms with Crippen LogP contribution in [0, 0.1) is 0 Å². The molecular weight excluding hydrogens is 436 g/mol. The molecule has 1 heterocycles. The molecule has 1 aliphatic rings. The molecule has 0 unspecified atom stereocenters. The second kappa shape index (κ2) is 11.2. The van der Waals surface area contributed by atoms with E-state index < -0.39 is 0 Å². The zero-order valence-corrected chi connectivity index (χ0v) is 19.4. The van der Waals surface area contributed by atoms with Crippen LogP contribution in [0.1, 0.15) is 26.9 Å². The highest BCUT2D eigenvalue weighted by Crippen LogP contribution is 2.38. The van der Waals surface area contributed by atoms with Crippen LogP contribution in [-0.4, -0.2) is 41.3 Å². The maximum absolute atomic E-state index is 12.5. The number of rotatable bonds is 9. The van der Waals surface area contributed by atoms with E-state index in [1.54, 1.807) is 23.5 Å². The molecule has 6 heteroatoms. The predicted octanol–water partition coefficient (Wildman–Crippen LogP) is 5.03. The Labute approximate surface area is 197 Å². The van der Waals surface area contributed by atoms with Crippen LogP contribution >= 0.6 is 23.5 Å². The monoisotopic (exact) mass is 462 g/mol. The lowest BCUT2D eigenvalue weighted by Gasteiger charge is -2.24. The summed E-state index contributed by atoms with van der Waals surface area (Å²) in [6.07, 6.45) is 0.838. The summed E-state index contributed by atoms with van der Waals surface area (Å²) in [5.74, 6) is 1.43. The number of amides is 2. The summed E-state index contributed by atoms with van der Waals surface area (Å²) in [7, 11) is 0. The van der Waals surface area contributed by atoms with E-state index in [0.717, 1.165) is 17.7 Å². The third kappa shape index (κ3) is 5.96. The van der Waals surface area contributed by atoms with Crippen LogP contribution in [-0.2, 0) is 11.2 Å². The Balaban J connectivity index is 1.29. The van der Waals surface area contributed by atoms with E-state index in [9.17, 15) is 9.59 Å². The van der Waals surface area contributed by atoms with Crippen molar-refractivity contribution < 1.29 is 9.59 Å². The molecule has 1 N–H and O–H groups in total. The molecule has 32 heavy (non-hydrogen) atoms. The van der Waals surface area contributed by atoms with Crippen LogP contribution < -0.4 is 5.32 Å². The fourth-order valence-corrected chi connectivity index (χ4v) is 5.63. The van der Waals surface area contributed by atoms with Crippen molar-refractivity contribution in [3.05, 3.63) is 102 Å². The highest BCUT2D eigenvalue weighted by Gasteiger charge is 2.32. The second-order valence-electron chi connectivity index (χ2n) is 7.53. The van der Waals surface area contributed by atoms with Gasteiger partial charge in [0.15, 0.2) is 0 Å². The van der Waals surface area contributed by atoms with Crippen LogP contribution in [0.4, 0.5) is 0 Å². The Kier molecular flexibility index (Phi) is 7.91. The summed E-state index contributed by atoms with van der Waals surface area (Å²) in [6.45, 7) is 1.31. The van der Waals surface area contributed by atoms with E-state index in [4.69, 9.17) is 0 Å². The van der Waals surface area contributed by atoms with Crippen molar-refractivity contribution in [2.24, 2.45) is 0 Å². The maximum atomic E-state index is 12.5. The molecule has 0 radical (unpaired) electrons. The second-order valence-corrected chi connectivity index (χ2v) is 9.76. The molecule has 2 amide bonds. The van der Waals surface area contributed by atoms with Crippen LogP contribution in [0.5, 0.6) is 0 Å². The van der Waals surface area contributed by atoms with Crippen molar-refractivity contribution in [2.75, 3.05) is 24.6 Å². The normalized spacial score (nSPS) is 15.7. The molecule has 0 aliphatic carbocycles. The van der Waals surface area contributed by atoms with Gasteiger partial charge in [-0.25, -0.2) is 0 Å². The average Bonchev–Trinajstić information content (AvgIpc) is 3.22. The van der Waals surface area contributed by atoms with Gasteiger partial charge in [0, 0.05) is 29.3 Å². The van der Waals surface area contributed by atoms with E-state index in [1.807, 2.05) is 65.6 Å². The first-order valence-corrected chi connectivity index (χ1v) is 12.7. The Morgan fingerprint density at radius 2 is 1.66 bits per heavy atom. The average molecular weight is 463 g/mol. The van der Waals surface area contributed by atoms with Crippen LogP contribution in [0.2, 0.25) is 0 Å². The Morgan fingerprint density at radius 3 is 2.38 bits per heavy atom. The molecule has 0 bridgehead atoms. The molecule has 1 saturated heterocycles. The van der Waals surface area contributed by atoms with Crippen LogP contribution in [0.15, 0.2) is 89.8 Å². The first-order chi connectivity index (χ1) is 15.7. The van der Waals surface area contributed by atoms with E-state index in [2.05, 4.69) is 29.6 Å². The van der Waals surface area contributed by atoms with Gasteiger partial charge in [0.25, 0.3) is 5.91 Å². The highest BCUT2D eigenvalue weighted by atomic mass is 32.2. The topological polar surface area (TPSA) is 49.4 Å². The van der Waals surface area contributed by atoms with E-state index in [-0.39, 0.29) is 17.2 Å². The van der Waals surface area contributed by atoms with Crippen molar-refractivity contribution >= 4 is 35.3 Å². The maximum Gasteiger partial charge on any atom is 0.251 e. The number of nitrogens with one attached hydrogen (secondary N) is 1. The number of hydrogen-bond acceptors (Lipinski definition) is 4. The van der Waals surface area contributed by atoms with Gasteiger partial charge in [-0.15, -0.1) is 23.5 Å². The quantitative estimate of drug-likeness (QED) is 0.358. The predicted molar refractivity (Wildman–Crippen MR) is 133 cm³/mol. The first kappa shape index (κ1) is 22.5. The van der Waals surface area contributed by atoms with Crippen LogP contribution in [0.25, 0.3) is 0 Å². The largest absolute Gasteiger partial charge is 0.351 e. The van der Waals surface area contributed by atoms with E-state index >= 15 is 0 Å². The van der Waals surface area contributed by atoms with Crippen molar-refractivity contribution in [3.63, 3.8) is 0 Å². The van der Waals surface area contributed by atoms with Gasteiger partial charge in [0.1, 0.15) is 5.37 Å². The molecule has 4 rings (SSSR count). The molecule has 3 aromatic rings. The number of carbonyl (C=O) groups excluding carboxylic acids is 2. The molecule has 1 fully saturated rings. The van der Waals surface area contributed by atoms with E-state index in [1.165, 1.54) is 10.5 Å². The molecule has 1 aliphatic heterocycles. The summed E-state index contributed by atoms with van der Waals surface area (Å²) in [5, 5.41) is 2.99. The third-order valence-electron chi connectivity index (χ3n) is 5.31. The summed E-state index contributed by atoms with van der Waals surface area (Å²) >= 11 is 3.37. The molecule has 0 spiro atoms. The van der Waals surface area contributed by atoms with Gasteiger partial charge in [-0.1, -0.05) is 60.7 Å². The van der Waals surface area contributed by atoms with Gasteiger partial charge in [-0.2, -0.15) is 0 Å². The van der Waals surface area contributed by atoms with Gasteiger partial charge in [0.05, 0.1) is 5.75 Å². The molecule has 0 saturated carbocycles. The number of hydrogen-bond donors (Lipinski definition) is 1. The lowest BCUT2D eigenvalue weighted by molar-refractivity contribution is -0.128. The zero-order valence-electron chi connectivity index (χ0n) is 17.8. The summed E-state index contributed by atoms with van der Waals surface area (Å²) in [5.41, 5.74) is 2.93. The minimum atomic E-state index is -0.0682. The molecule has 1 atom stereocenters. The first-order valence-electron chi connectivity index (χ1n) is 10.7. The van der Waals surface area contributed by atoms with Crippen molar-refractivity contribution in [3.8, 4) is 0 Å².